The van der Waals surface area contributed by atoms with Gasteiger partial charge in [0.15, 0.2) is 0 Å². The minimum atomic E-state index is -4.25. The van der Waals surface area contributed by atoms with E-state index in [1.165, 1.54) is 12.1 Å². The molecule has 0 saturated heterocycles. The fourth-order valence-corrected chi connectivity index (χ4v) is 2.19. The van der Waals surface area contributed by atoms with Gasteiger partial charge in [-0.15, -0.1) is 0 Å². The molecule has 1 aromatic rings. The van der Waals surface area contributed by atoms with E-state index in [4.69, 9.17) is 0 Å². The number of rotatable bonds is 5. The van der Waals surface area contributed by atoms with Crippen LogP contribution in [0.2, 0.25) is 0 Å². The van der Waals surface area contributed by atoms with E-state index in [2.05, 4.69) is 20.8 Å². The molecule has 0 aromatic heterocycles. The first-order chi connectivity index (χ1) is 8.37. The molecule has 0 heterocycles. The Morgan fingerprint density at radius 2 is 1.32 bits per heavy atom. The van der Waals surface area contributed by atoms with Crippen molar-refractivity contribution in [2.45, 2.75) is 33.5 Å². The molecule has 0 N–H and O–H groups in total. The van der Waals surface area contributed by atoms with Gasteiger partial charge in [-0.1, -0.05) is 12.1 Å². The van der Waals surface area contributed by atoms with Crippen LogP contribution in [0.1, 0.15) is 31.9 Å². The topological polar surface area (TPSA) is 0 Å². The smallest absolute Gasteiger partial charge is 0.416 e. The van der Waals surface area contributed by atoms with Crippen LogP contribution in [0.25, 0.3) is 0 Å². The van der Waals surface area contributed by atoms with E-state index in [9.17, 15) is 13.2 Å². The Kier molecular flexibility index (Phi) is 6.87. The van der Waals surface area contributed by atoms with Crippen LogP contribution in [0, 0.1) is 0 Å². The molecule has 0 fully saturated rings. The zero-order valence-electron chi connectivity index (χ0n) is 11.6. The SMILES string of the molecule is CC[N+](CC)(CC)Cc1ccc(C(F)(F)F)cc1.[Cl-]. The van der Waals surface area contributed by atoms with Gasteiger partial charge in [-0.25, -0.2) is 0 Å². The van der Waals surface area contributed by atoms with Crippen molar-refractivity contribution in [2.24, 2.45) is 0 Å². The van der Waals surface area contributed by atoms with Gasteiger partial charge in [0.05, 0.1) is 25.2 Å². The number of alkyl halides is 3. The zero-order chi connectivity index (χ0) is 13.8. The number of hydrogen-bond donors (Lipinski definition) is 0. The predicted molar refractivity (Wildman–Crippen MR) is 67.0 cm³/mol. The monoisotopic (exact) mass is 295 g/mol. The fourth-order valence-electron chi connectivity index (χ4n) is 2.19. The van der Waals surface area contributed by atoms with Crippen LogP contribution in [-0.2, 0) is 12.7 Å². The maximum atomic E-state index is 12.5. The molecule has 0 unspecified atom stereocenters. The van der Waals surface area contributed by atoms with E-state index >= 15 is 0 Å². The summed E-state index contributed by atoms with van der Waals surface area (Å²) >= 11 is 0. The number of quaternary nitrogens is 1. The quantitative estimate of drug-likeness (QED) is 0.714. The first-order valence-corrected chi connectivity index (χ1v) is 6.38. The van der Waals surface area contributed by atoms with Crippen LogP contribution in [0.5, 0.6) is 0 Å². The van der Waals surface area contributed by atoms with Crippen LogP contribution in [0.3, 0.4) is 0 Å². The van der Waals surface area contributed by atoms with E-state index in [0.29, 0.717) is 0 Å². The second kappa shape index (κ2) is 7.15. The molecule has 0 aliphatic heterocycles. The molecule has 0 radical (unpaired) electrons. The minimum Gasteiger partial charge on any atom is -1.00 e. The van der Waals surface area contributed by atoms with E-state index in [1.807, 2.05) is 0 Å². The zero-order valence-corrected chi connectivity index (χ0v) is 12.4. The van der Waals surface area contributed by atoms with Gasteiger partial charge in [0.25, 0.3) is 0 Å². The maximum absolute atomic E-state index is 12.5. The first kappa shape index (κ1) is 18.3. The Balaban J connectivity index is 0.00000324. The molecule has 0 spiro atoms. The summed E-state index contributed by atoms with van der Waals surface area (Å²) in [6, 6.07) is 5.53. The molecule has 1 nitrogen and oxygen atoms in total. The fraction of sp³-hybridized carbons (Fsp3) is 0.571. The highest BCUT2D eigenvalue weighted by Gasteiger charge is 2.30. The van der Waals surface area contributed by atoms with Crippen LogP contribution in [-0.4, -0.2) is 24.1 Å². The molecule has 0 atom stereocenters. The van der Waals surface area contributed by atoms with Gasteiger partial charge in [-0.05, 0) is 32.9 Å². The van der Waals surface area contributed by atoms with Crippen molar-refractivity contribution in [1.29, 1.82) is 0 Å². The summed E-state index contributed by atoms with van der Waals surface area (Å²) in [7, 11) is 0. The number of hydrogen-bond acceptors (Lipinski definition) is 0. The van der Waals surface area contributed by atoms with Crippen molar-refractivity contribution in [2.75, 3.05) is 19.6 Å². The van der Waals surface area contributed by atoms with Crippen molar-refractivity contribution in [3.8, 4) is 0 Å². The molecule has 1 aromatic carbocycles. The number of benzene rings is 1. The van der Waals surface area contributed by atoms with E-state index in [0.717, 1.165) is 36.2 Å². The molecule has 0 aliphatic rings. The summed E-state index contributed by atoms with van der Waals surface area (Å²) in [4.78, 5) is 0. The molecule has 5 heteroatoms. The average Bonchev–Trinajstić information content (AvgIpc) is 2.36. The van der Waals surface area contributed by atoms with Gasteiger partial charge in [0.1, 0.15) is 6.54 Å². The lowest BCUT2D eigenvalue weighted by Gasteiger charge is -2.35. The summed E-state index contributed by atoms with van der Waals surface area (Å²) in [6.07, 6.45) is -4.25. The van der Waals surface area contributed by atoms with Crippen molar-refractivity contribution in [3.05, 3.63) is 35.4 Å². The third kappa shape index (κ3) is 4.69. The Morgan fingerprint density at radius 1 is 0.895 bits per heavy atom. The standard InChI is InChI=1S/C14H21F3N.ClH/c1-4-18(5-2,6-3)11-12-7-9-13(10-8-12)14(15,16)17;/h7-10H,4-6,11H2,1-3H3;1H/q+1;/p-1. The molecular formula is C14H21ClF3N. The summed E-state index contributed by atoms with van der Waals surface area (Å²) in [6.45, 7) is 10.1. The van der Waals surface area contributed by atoms with Crippen molar-refractivity contribution >= 4 is 0 Å². The highest BCUT2D eigenvalue weighted by Crippen LogP contribution is 2.29. The highest BCUT2D eigenvalue weighted by atomic mass is 35.5. The third-order valence-corrected chi connectivity index (χ3v) is 3.81. The maximum Gasteiger partial charge on any atom is 0.416 e. The molecule has 110 valence electrons. The number of halogens is 4. The van der Waals surface area contributed by atoms with E-state index in [1.54, 1.807) is 12.1 Å². The third-order valence-electron chi connectivity index (χ3n) is 3.81. The van der Waals surface area contributed by atoms with Gasteiger partial charge in [-0.3, -0.25) is 0 Å². The summed E-state index contributed by atoms with van der Waals surface area (Å²) in [5.74, 6) is 0. The van der Waals surface area contributed by atoms with Crippen LogP contribution in [0.15, 0.2) is 24.3 Å². The Bertz CT molecular complexity index is 361. The average molecular weight is 296 g/mol. The summed E-state index contributed by atoms with van der Waals surface area (Å²) in [5.41, 5.74) is 0.391. The Hall–Kier alpha value is -0.740. The summed E-state index contributed by atoms with van der Waals surface area (Å²) < 4.78 is 38.3. The normalized spacial score (nSPS) is 12.1. The van der Waals surface area contributed by atoms with Crippen molar-refractivity contribution in [3.63, 3.8) is 0 Å². The van der Waals surface area contributed by atoms with Gasteiger partial charge in [0, 0.05) is 5.56 Å². The molecular weight excluding hydrogens is 275 g/mol. The van der Waals surface area contributed by atoms with Gasteiger partial charge in [-0.2, -0.15) is 13.2 Å². The van der Waals surface area contributed by atoms with Gasteiger partial charge in [0.2, 0.25) is 0 Å². The molecule has 19 heavy (non-hydrogen) atoms. The highest BCUT2D eigenvalue weighted by molar-refractivity contribution is 5.24. The second-order valence-corrected chi connectivity index (χ2v) is 4.64. The van der Waals surface area contributed by atoms with E-state index in [-0.39, 0.29) is 12.4 Å². The van der Waals surface area contributed by atoms with Gasteiger partial charge < -0.3 is 16.9 Å². The first-order valence-electron chi connectivity index (χ1n) is 6.38. The minimum absolute atomic E-state index is 0. The molecule has 0 saturated carbocycles. The van der Waals surface area contributed by atoms with Gasteiger partial charge >= 0.3 is 6.18 Å². The predicted octanol–water partition coefficient (Wildman–Crippen LogP) is 1.09. The Morgan fingerprint density at radius 3 is 1.63 bits per heavy atom. The van der Waals surface area contributed by atoms with Crippen molar-refractivity contribution < 1.29 is 30.1 Å². The molecule has 0 aliphatic carbocycles. The summed E-state index contributed by atoms with van der Waals surface area (Å²) in [5, 5.41) is 0. The molecule has 0 amide bonds. The largest absolute Gasteiger partial charge is 1.00 e. The lowest BCUT2D eigenvalue weighted by molar-refractivity contribution is -0.936. The van der Waals surface area contributed by atoms with Crippen LogP contribution >= 0.6 is 0 Å². The molecule has 1 rings (SSSR count). The number of nitrogens with zero attached hydrogens (tertiary/aromatic N) is 1. The molecule has 0 bridgehead atoms. The lowest BCUT2D eigenvalue weighted by atomic mass is 10.1. The lowest BCUT2D eigenvalue weighted by Crippen LogP contribution is -3.00. The van der Waals surface area contributed by atoms with Crippen molar-refractivity contribution in [1.82, 2.24) is 0 Å². The van der Waals surface area contributed by atoms with Crippen LogP contribution in [0.4, 0.5) is 13.2 Å². The van der Waals surface area contributed by atoms with Crippen LogP contribution < -0.4 is 12.4 Å². The Labute approximate surface area is 119 Å². The van der Waals surface area contributed by atoms with E-state index < -0.39 is 11.7 Å². The second-order valence-electron chi connectivity index (χ2n) is 4.64.